The van der Waals surface area contributed by atoms with E-state index in [1.807, 2.05) is 18.8 Å². The Bertz CT molecular complexity index is 165. The van der Waals surface area contributed by atoms with Gasteiger partial charge >= 0.3 is 0 Å². The van der Waals surface area contributed by atoms with Gasteiger partial charge in [0.05, 0.1) is 0 Å². The molecule has 0 saturated heterocycles. The van der Waals surface area contributed by atoms with Crippen molar-refractivity contribution >= 4 is 17.7 Å². The van der Waals surface area contributed by atoms with Crippen LogP contribution in [0, 0.1) is 0 Å². The Kier molecular flexibility index (Phi) is 10.1. The van der Waals surface area contributed by atoms with Gasteiger partial charge in [0.15, 0.2) is 0 Å². The van der Waals surface area contributed by atoms with Crippen LogP contribution >= 0.6 is 11.8 Å². The molecule has 0 heterocycles. The highest BCUT2D eigenvalue weighted by Crippen LogP contribution is 1.97. The van der Waals surface area contributed by atoms with Gasteiger partial charge in [0, 0.05) is 37.6 Å². The number of amides is 1. The first-order valence-corrected chi connectivity index (χ1v) is 6.46. The summed E-state index contributed by atoms with van der Waals surface area (Å²) in [6.45, 7) is 2.62. The van der Waals surface area contributed by atoms with Crippen LogP contribution in [0.5, 0.6) is 0 Å². The monoisotopic (exact) mass is 233 g/mol. The number of rotatable bonds is 9. The summed E-state index contributed by atoms with van der Waals surface area (Å²) in [5.74, 6) is 2.26. The van der Waals surface area contributed by atoms with Crippen molar-refractivity contribution in [1.82, 2.24) is 15.5 Å². The number of hydrogen-bond acceptors (Lipinski definition) is 4. The number of thioether (sulfide) groups is 1. The van der Waals surface area contributed by atoms with Gasteiger partial charge < -0.3 is 15.5 Å². The third-order valence-electron chi connectivity index (χ3n) is 1.85. The number of carbonyl (C=O) groups excluding carboxylic acids is 1. The Labute approximate surface area is 97.2 Å². The van der Waals surface area contributed by atoms with E-state index < -0.39 is 0 Å². The van der Waals surface area contributed by atoms with Crippen molar-refractivity contribution < 1.29 is 4.79 Å². The predicted octanol–water partition coefficient (Wildman–Crippen LogP) is 0.00690. The molecule has 0 atom stereocenters. The summed E-state index contributed by atoms with van der Waals surface area (Å²) in [4.78, 5) is 13.3. The van der Waals surface area contributed by atoms with E-state index in [0.717, 1.165) is 31.1 Å². The average Bonchev–Trinajstić information content (AvgIpc) is 2.19. The van der Waals surface area contributed by atoms with Gasteiger partial charge in [0.2, 0.25) is 5.91 Å². The first kappa shape index (κ1) is 14.7. The van der Waals surface area contributed by atoms with Crippen molar-refractivity contribution in [3.8, 4) is 0 Å². The fourth-order valence-electron chi connectivity index (χ4n) is 0.939. The van der Waals surface area contributed by atoms with E-state index in [-0.39, 0.29) is 5.91 Å². The van der Waals surface area contributed by atoms with Crippen LogP contribution in [0.15, 0.2) is 0 Å². The molecule has 0 aromatic heterocycles. The van der Waals surface area contributed by atoms with Crippen LogP contribution in [0.4, 0.5) is 0 Å². The Hall–Kier alpha value is -0.260. The summed E-state index contributed by atoms with van der Waals surface area (Å²) >= 11 is 1.88. The lowest BCUT2D eigenvalue weighted by Crippen LogP contribution is -2.28. The van der Waals surface area contributed by atoms with Crippen LogP contribution in [-0.2, 0) is 4.79 Å². The molecule has 0 rings (SSSR count). The van der Waals surface area contributed by atoms with Crippen LogP contribution in [0.25, 0.3) is 0 Å². The Morgan fingerprint density at radius 3 is 2.60 bits per heavy atom. The highest BCUT2D eigenvalue weighted by Gasteiger charge is 1.98. The van der Waals surface area contributed by atoms with E-state index in [1.54, 1.807) is 0 Å². The molecule has 0 aliphatic rings. The van der Waals surface area contributed by atoms with Crippen molar-refractivity contribution in [3.05, 3.63) is 0 Å². The molecular formula is C10H23N3OS. The number of hydrogen-bond donors (Lipinski definition) is 2. The molecule has 0 saturated carbocycles. The van der Waals surface area contributed by atoms with Crippen LogP contribution in [0.2, 0.25) is 0 Å². The van der Waals surface area contributed by atoms with Crippen LogP contribution in [0.3, 0.4) is 0 Å². The van der Waals surface area contributed by atoms with Gasteiger partial charge in [-0.3, -0.25) is 4.79 Å². The zero-order valence-corrected chi connectivity index (χ0v) is 10.8. The Morgan fingerprint density at radius 1 is 1.27 bits per heavy atom. The van der Waals surface area contributed by atoms with E-state index in [0.29, 0.717) is 6.42 Å². The van der Waals surface area contributed by atoms with Gasteiger partial charge in [-0.1, -0.05) is 0 Å². The van der Waals surface area contributed by atoms with Crippen molar-refractivity contribution in [2.75, 3.05) is 52.3 Å². The van der Waals surface area contributed by atoms with Gasteiger partial charge in [0.25, 0.3) is 0 Å². The summed E-state index contributed by atoms with van der Waals surface area (Å²) in [6.07, 6.45) is 0.568. The minimum atomic E-state index is 0.137. The number of nitrogens with one attached hydrogen (secondary N) is 2. The molecule has 1 amide bonds. The fourth-order valence-corrected chi connectivity index (χ4v) is 1.88. The standard InChI is InChI=1S/C10H23N3OS/c1-11-5-4-10(14)12-6-8-15-9-7-13(2)3/h11H,4-9H2,1-3H3,(H,12,14). The first-order chi connectivity index (χ1) is 7.16. The molecule has 5 heteroatoms. The maximum Gasteiger partial charge on any atom is 0.221 e. The molecule has 0 fully saturated rings. The number of nitrogens with zero attached hydrogens (tertiary/aromatic N) is 1. The topological polar surface area (TPSA) is 44.4 Å². The van der Waals surface area contributed by atoms with Gasteiger partial charge in [-0.15, -0.1) is 0 Å². The summed E-state index contributed by atoms with van der Waals surface area (Å²) in [7, 11) is 5.99. The first-order valence-electron chi connectivity index (χ1n) is 5.30. The second-order valence-electron chi connectivity index (χ2n) is 3.62. The molecule has 0 aromatic rings. The molecule has 0 bridgehead atoms. The summed E-state index contributed by atoms with van der Waals surface area (Å²) in [6, 6.07) is 0. The third-order valence-corrected chi connectivity index (χ3v) is 2.82. The SMILES string of the molecule is CNCCC(=O)NCCSCCN(C)C. The van der Waals surface area contributed by atoms with Gasteiger partial charge in [-0.05, 0) is 21.1 Å². The van der Waals surface area contributed by atoms with Crippen LogP contribution in [-0.4, -0.2) is 63.1 Å². The van der Waals surface area contributed by atoms with Crippen molar-refractivity contribution in [2.45, 2.75) is 6.42 Å². The maximum absolute atomic E-state index is 11.2. The van der Waals surface area contributed by atoms with E-state index >= 15 is 0 Å². The Morgan fingerprint density at radius 2 is 2.00 bits per heavy atom. The van der Waals surface area contributed by atoms with E-state index in [9.17, 15) is 4.79 Å². The molecule has 0 unspecified atom stereocenters. The third kappa shape index (κ3) is 11.7. The molecule has 0 aliphatic carbocycles. The molecule has 0 spiro atoms. The second kappa shape index (κ2) is 10.3. The van der Waals surface area contributed by atoms with Crippen molar-refractivity contribution in [3.63, 3.8) is 0 Å². The molecular weight excluding hydrogens is 210 g/mol. The largest absolute Gasteiger partial charge is 0.355 e. The van der Waals surface area contributed by atoms with Crippen molar-refractivity contribution in [1.29, 1.82) is 0 Å². The molecule has 4 nitrogen and oxygen atoms in total. The molecule has 0 aromatic carbocycles. The fraction of sp³-hybridized carbons (Fsp3) is 0.900. The minimum Gasteiger partial charge on any atom is -0.355 e. The Balaban J connectivity index is 3.13. The van der Waals surface area contributed by atoms with E-state index in [2.05, 4.69) is 29.6 Å². The maximum atomic E-state index is 11.2. The smallest absolute Gasteiger partial charge is 0.221 e. The summed E-state index contributed by atoms with van der Waals surface area (Å²) in [5, 5.41) is 5.84. The quantitative estimate of drug-likeness (QED) is 0.551. The normalized spacial score (nSPS) is 10.7. The molecule has 2 N–H and O–H groups in total. The zero-order valence-electron chi connectivity index (χ0n) is 10.0. The lowest BCUT2D eigenvalue weighted by Gasteiger charge is -2.09. The lowest BCUT2D eigenvalue weighted by atomic mass is 10.4. The van der Waals surface area contributed by atoms with E-state index in [4.69, 9.17) is 0 Å². The second-order valence-corrected chi connectivity index (χ2v) is 4.84. The van der Waals surface area contributed by atoms with Gasteiger partial charge in [-0.2, -0.15) is 11.8 Å². The van der Waals surface area contributed by atoms with Crippen LogP contribution in [0.1, 0.15) is 6.42 Å². The summed E-state index contributed by atoms with van der Waals surface area (Å²) < 4.78 is 0. The zero-order chi connectivity index (χ0) is 11.5. The molecule has 90 valence electrons. The predicted molar refractivity (Wildman–Crippen MR) is 67.4 cm³/mol. The minimum absolute atomic E-state index is 0.137. The highest BCUT2D eigenvalue weighted by atomic mass is 32.2. The number of carbonyl (C=O) groups is 1. The van der Waals surface area contributed by atoms with E-state index in [1.165, 1.54) is 0 Å². The highest BCUT2D eigenvalue weighted by molar-refractivity contribution is 7.99. The molecule has 0 radical (unpaired) electrons. The molecule has 15 heavy (non-hydrogen) atoms. The van der Waals surface area contributed by atoms with Crippen molar-refractivity contribution in [2.24, 2.45) is 0 Å². The van der Waals surface area contributed by atoms with Crippen LogP contribution < -0.4 is 10.6 Å². The van der Waals surface area contributed by atoms with Gasteiger partial charge in [0.1, 0.15) is 0 Å². The lowest BCUT2D eigenvalue weighted by molar-refractivity contribution is -0.120. The average molecular weight is 233 g/mol. The summed E-state index contributed by atoms with van der Waals surface area (Å²) in [5.41, 5.74) is 0. The molecule has 0 aliphatic heterocycles. The van der Waals surface area contributed by atoms with Gasteiger partial charge in [-0.25, -0.2) is 0 Å².